The molecule has 1 aromatic rings. The van der Waals surface area contributed by atoms with Crippen LogP contribution < -0.4 is 4.57 Å². The van der Waals surface area contributed by atoms with E-state index in [0.29, 0.717) is 12.4 Å². The highest BCUT2D eigenvalue weighted by molar-refractivity contribution is 7.13. The van der Waals surface area contributed by atoms with Gasteiger partial charge in [-0.15, -0.1) is 0 Å². The number of urea groups is 1. The molecule has 1 saturated heterocycles. The average molecular weight is 309 g/mol. The predicted octanol–water partition coefficient (Wildman–Crippen LogP) is 1.07. The maximum Gasteiger partial charge on any atom is 0.385 e. The standard InChI is InChI=1S/C13H17N4O3S/c1-7(2)20-5-8-6-21-12-14-10-9(17(8)12)11(18)16(4)13(19)15(10)3/h6-7,9H,5H2,1-4H3/q+1. The first-order valence-corrected chi connectivity index (χ1v) is 7.57. The Kier molecular flexibility index (Phi) is 3.29. The van der Waals surface area contributed by atoms with Crippen molar-refractivity contribution in [2.75, 3.05) is 14.1 Å². The Labute approximate surface area is 126 Å². The van der Waals surface area contributed by atoms with Gasteiger partial charge in [0.1, 0.15) is 12.3 Å². The van der Waals surface area contributed by atoms with Gasteiger partial charge in [-0.25, -0.2) is 4.79 Å². The molecule has 2 aliphatic heterocycles. The summed E-state index contributed by atoms with van der Waals surface area (Å²) in [5.74, 6) is 0.227. The van der Waals surface area contributed by atoms with Crippen LogP contribution in [0.3, 0.4) is 0 Å². The SMILES string of the molecule is CC(C)OCc1csc2[n+]1C1C(=O)N(C)C(=O)N(C)C1=N2. The monoisotopic (exact) mass is 309 g/mol. The van der Waals surface area contributed by atoms with Gasteiger partial charge < -0.3 is 4.74 Å². The Bertz CT molecular complexity index is 652. The summed E-state index contributed by atoms with van der Waals surface area (Å²) < 4.78 is 7.50. The highest BCUT2D eigenvalue weighted by Crippen LogP contribution is 2.31. The molecule has 1 unspecified atom stereocenters. The molecular weight excluding hydrogens is 292 g/mol. The quantitative estimate of drug-likeness (QED) is 0.785. The molecule has 3 amide bonds. The van der Waals surface area contributed by atoms with E-state index >= 15 is 0 Å². The molecule has 7 nitrogen and oxygen atoms in total. The molecule has 1 aromatic heterocycles. The zero-order valence-electron chi connectivity index (χ0n) is 12.4. The van der Waals surface area contributed by atoms with Gasteiger partial charge in [0.15, 0.2) is 0 Å². The normalized spacial score (nSPS) is 21.0. The number of nitrogens with zero attached hydrogens (tertiary/aromatic N) is 4. The van der Waals surface area contributed by atoms with Crippen LogP contribution in [-0.2, 0) is 16.1 Å². The van der Waals surface area contributed by atoms with Crippen LogP contribution in [0.15, 0.2) is 10.4 Å². The fraction of sp³-hybridized carbons (Fsp3) is 0.538. The fourth-order valence-electron chi connectivity index (χ4n) is 2.42. The third-order valence-corrected chi connectivity index (χ3v) is 4.46. The van der Waals surface area contributed by atoms with E-state index in [1.807, 2.05) is 23.8 Å². The van der Waals surface area contributed by atoms with Crippen LogP contribution in [-0.4, -0.2) is 47.8 Å². The van der Waals surface area contributed by atoms with Crippen LogP contribution in [0, 0.1) is 0 Å². The lowest BCUT2D eigenvalue weighted by atomic mass is 10.1. The number of amidine groups is 1. The Balaban J connectivity index is 1.98. The number of thiazole rings is 1. The predicted molar refractivity (Wildman–Crippen MR) is 76.5 cm³/mol. The van der Waals surface area contributed by atoms with E-state index in [0.717, 1.165) is 15.7 Å². The van der Waals surface area contributed by atoms with Crippen LogP contribution in [0.25, 0.3) is 0 Å². The van der Waals surface area contributed by atoms with Crippen molar-refractivity contribution in [2.24, 2.45) is 4.99 Å². The van der Waals surface area contributed by atoms with Gasteiger partial charge in [0, 0.05) is 19.5 Å². The molecule has 1 fully saturated rings. The Morgan fingerprint density at radius 1 is 1.38 bits per heavy atom. The summed E-state index contributed by atoms with van der Waals surface area (Å²) in [6.45, 7) is 4.35. The summed E-state index contributed by atoms with van der Waals surface area (Å²) in [6.07, 6.45) is 0.108. The van der Waals surface area contributed by atoms with E-state index in [1.54, 1.807) is 7.05 Å². The number of amides is 3. The Hall–Kier alpha value is -1.80. The van der Waals surface area contributed by atoms with E-state index in [2.05, 4.69) is 4.99 Å². The molecule has 3 heterocycles. The third kappa shape index (κ3) is 2.06. The number of aromatic nitrogens is 1. The van der Waals surface area contributed by atoms with Crippen molar-refractivity contribution >= 4 is 34.2 Å². The number of aliphatic imine (C=N–C) groups is 1. The second kappa shape index (κ2) is 4.88. The number of hydrogen-bond donors (Lipinski definition) is 0. The van der Waals surface area contributed by atoms with Crippen molar-refractivity contribution in [3.63, 3.8) is 0 Å². The molecule has 0 saturated carbocycles. The average Bonchev–Trinajstić information content (AvgIpc) is 2.99. The van der Waals surface area contributed by atoms with E-state index in [1.165, 1.54) is 23.3 Å². The van der Waals surface area contributed by atoms with Crippen molar-refractivity contribution in [3.8, 4) is 0 Å². The number of carbonyl (C=O) groups excluding carboxylic acids is 2. The minimum Gasteiger partial charge on any atom is -0.370 e. The molecule has 0 bridgehead atoms. The lowest BCUT2D eigenvalue weighted by Gasteiger charge is -2.29. The van der Waals surface area contributed by atoms with Crippen LogP contribution in [0.4, 0.5) is 9.93 Å². The van der Waals surface area contributed by atoms with Gasteiger partial charge in [-0.2, -0.15) is 4.57 Å². The molecular formula is C13H17N4O3S+. The molecule has 1 atom stereocenters. The van der Waals surface area contributed by atoms with Crippen LogP contribution in [0.1, 0.15) is 25.6 Å². The van der Waals surface area contributed by atoms with Gasteiger partial charge in [0.05, 0.1) is 6.10 Å². The largest absolute Gasteiger partial charge is 0.385 e. The maximum absolute atomic E-state index is 12.5. The number of imide groups is 1. The summed E-state index contributed by atoms with van der Waals surface area (Å²) in [6, 6.07) is -0.921. The van der Waals surface area contributed by atoms with Gasteiger partial charge in [0.25, 0.3) is 17.8 Å². The van der Waals surface area contributed by atoms with E-state index in [-0.39, 0.29) is 18.0 Å². The van der Waals surface area contributed by atoms with Crippen molar-refractivity contribution in [1.82, 2.24) is 9.80 Å². The van der Waals surface area contributed by atoms with Crippen LogP contribution in [0.2, 0.25) is 0 Å². The lowest BCUT2D eigenvalue weighted by Crippen LogP contribution is -2.62. The summed E-state index contributed by atoms with van der Waals surface area (Å²) >= 11 is 1.45. The van der Waals surface area contributed by atoms with Gasteiger partial charge >= 0.3 is 11.2 Å². The highest BCUT2D eigenvalue weighted by atomic mass is 32.1. The number of rotatable bonds is 3. The molecule has 8 heteroatoms. The first kappa shape index (κ1) is 14.2. The molecule has 21 heavy (non-hydrogen) atoms. The Morgan fingerprint density at radius 3 is 2.76 bits per heavy atom. The minimum absolute atomic E-state index is 0.108. The van der Waals surface area contributed by atoms with Crippen LogP contribution in [0.5, 0.6) is 0 Å². The van der Waals surface area contributed by atoms with Gasteiger partial charge in [0.2, 0.25) is 0 Å². The topological polar surface area (TPSA) is 66.1 Å². The van der Waals surface area contributed by atoms with E-state index < -0.39 is 6.04 Å². The minimum atomic E-state index is -0.565. The molecule has 0 radical (unpaired) electrons. The first-order chi connectivity index (χ1) is 9.91. The molecule has 0 aromatic carbocycles. The first-order valence-electron chi connectivity index (χ1n) is 6.69. The summed E-state index contributed by atoms with van der Waals surface area (Å²) in [5, 5.41) is 2.67. The summed E-state index contributed by atoms with van der Waals surface area (Å²) in [7, 11) is 3.13. The van der Waals surface area contributed by atoms with Gasteiger partial charge in [-0.3, -0.25) is 14.6 Å². The number of hydrogen-bond acceptors (Lipinski definition) is 5. The second-order valence-electron chi connectivity index (χ2n) is 5.35. The van der Waals surface area contributed by atoms with E-state index in [9.17, 15) is 9.59 Å². The molecule has 0 spiro atoms. The summed E-state index contributed by atoms with van der Waals surface area (Å²) in [4.78, 5) is 31.4. The maximum atomic E-state index is 12.5. The zero-order chi connectivity index (χ0) is 15.3. The zero-order valence-corrected chi connectivity index (χ0v) is 13.2. The highest BCUT2D eigenvalue weighted by Gasteiger charge is 2.53. The van der Waals surface area contributed by atoms with Crippen molar-refractivity contribution < 1.29 is 18.9 Å². The fourth-order valence-corrected chi connectivity index (χ4v) is 3.33. The Morgan fingerprint density at radius 2 is 2.10 bits per heavy atom. The smallest absolute Gasteiger partial charge is 0.370 e. The number of ether oxygens (including phenoxy) is 1. The van der Waals surface area contributed by atoms with Crippen molar-refractivity contribution in [3.05, 3.63) is 11.1 Å². The number of fused-ring (bicyclic) bond motifs is 3. The molecule has 3 rings (SSSR count). The lowest BCUT2D eigenvalue weighted by molar-refractivity contribution is -0.683. The third-order valence-electron chi connectivity index (χ3n) is 3.58. The molecule has 112 valence electrons. The van der Waals surface area contributed by atoms with Crippen molar-refractivity contribution in [1.29, 1.82) is 0 Å². The van der Waals surface area contributed by atoms with Crippen LogP contribution >= 0.6 is 11.3 Å². The van der Waals surface area contributed by atoms with Gasteiger partial charge in [-0.1, -0.05) is 11.3 Å². The number of carbonyl (C=O) groups is 2. The molecule has 0 N–H and O–H groups in total. The molecule has 0 aliphatic carbocycles. The second-order valence-corrected chi connectivity index (χ2v) is 6.19. The van der Waals surface area contributed by atoms with E-state index in [4.69, 9.17) is 4.74 Å². The van der Waals surface area contributed by atoms with Gasteiger partial charge in [-0.05, 0) is 18.8 Å². The van der Waals surface area contributed by atoms with Crippen molar-refractivity contribution in [2.45, 2.75) is 32.6 Å². The number of likely N-dealkylation sites (N-methyl/N-ethyl adjacent to an activating group) is 2. The summed E-state index contributed by atoms with van der Waals surface area (Å²) in [5.41, 5.74) is 0.900. The molecule has 2 aliphatic rings.